The highest BCUT2D eigenvalue weighted by molar-refractivity contribution is 7.90. The van der Waals surface area contributed by atoms with Gasteiger partial charge in [-0.2, -0.15) is 4.39 Å². The van der Waals surface area contributed by atoms with Crippen LogP contribution in [0.5, 0.6) is 0 Å². The summed E-state index contributed by atoms with van der Waals surface area (Å²) >= 11 is 0. The fourth-order valence-corrected chi connectivity index (χ4v) is 4.54. The maximum Gasteiger partial charge on any atom is 0.222 e. The van der Waals surface area contributed by atoms with E-state index in [1.165, 1.54) is 6.26 Å². The zero-order chi connectivity index (χ0) is 20.6. The summed E-state index contributed by atoms with van der Waals surface area (Å²) in [4.78, 5) is 19.6. The number of imidazole rings is 1. The van der Waals surface area contributed by atoms with E-state index in [2.05, 4.69) is 9.97 Å². The molecule has 1 aliphatic carbocycles. The lowest BCUT2D eigenvalue weighted by Crippen LogP contribution is -2.19. The molecule has 1 saturated carbocycles. The Bertz CT molecular complexity index is 990. The number of nitrogens with one attached hydrogen (secondary N) is 1. The van der Waals surface area contributed by atoms with Crippen LogP contribution in [0.1, 0.15) is 59.9 Å². The van der Waals surface area contributed by atoms with E-state index in [1.54, 1.807) is 24.3 Å². The van der Waals surface area contributed by atoms with Crippen molar-refractivity contribution in [3.63, 3.8) is 0 Å². The molecule has 0 spiro atoms. The maximum atomic E-state index is 14.5. The smallest absolute Gasteiger partial charge is 0.222 e. The molecule has 156 valence electrons. The molecule has 1 N–H and O–H groups in total. The normalized spacial score (nSPS) is 19.2. The van der Waals surface area contributed by atoms with Gasteiger partial charge in [0.2, 0.25) is 5.95 Å². The number of hydrogen-bond donors (Lipinski definition) is 1. The fraction of sp³-hybridized carbons (Fsp3) is 0.524. The second-order valence-corrected chi connectivity index (χ2v) is 10.1. The van der Waals surface area contributed by atoms with Crippen molar-refractivity contribution in [2.24, 2.45) is 11.8 Å². The highest BCUT2D eigenvalue weighted by Gasteiger charge is 2.35. The predicted octanol–water partition coefficient (Wildman–Crippen LogP) is 3.49. The van der Waals surface area contributed by atoms with E-state index in [0.29, 0.717) is 25.0 Å². The summed E-state index contributed by atoms with van der Waals surface area (Å²) < 4.78 is 43.5. The highest BCUT2D eigenvalue weighted by Crippen LogP contribution is 2.36. The highest BCUT2D eigenvalue weighted by atomic mass is 32.2. The van der Waals surface area contributed by atoms with Crippen molar-refractivity contribution >= 4 is 15.6 Å². The van der Waals surface area contributed by atoms with E-state index < -0.39 is 15.8 Å². The van der Waals surface area contributed by atoms with Crippen molar-refractivity contribution < 1.29 is 22.3 Å². The maximum absolute atomic E-state index is 14.5. The number of H-pyrrole nitrogens is 1. The Balaban J connectivity index is 1.66. The molecule has 1 saturated heterocycles. The molecule has 2 fully saturated rings. The van der Waals surface area contributed by atoms with E-state index in [4.69, 9.17) is 4.74 Å². The topological polar surface area (TPSA) is 89.1 Å². The zero-order valence-corrected chi connectivity index (χ0v) is 17.2. The number of halogens is 1. The lowest BCUT2D eigenvalue weighted by atomic mass is 9.84. The molecule has 6 nitrogen and oxygen atoms in total. The van der Waals surface area contributed by atoms with Crippen LogP contribution in [-0.4, -0.2) is 43.6 Å². The van der Waals surface area contributed by atoms with Crippen LogP contribution in [0, 0.1) is 17.8 Å². The number of sulfone groups is 1. The molecule has 1 aliphatic heterocycles. The van der Waals surface area contributed by atoms with E-state index in [0.717, 1.165) is 37.7 Å². The molecule has 2 aliphatic rings. The summed E-state index contributed by atoms with van der Waals surface area (Å²) in [7, 11) is -3.30. The van der Waals surface area contributed by atoms with Crippen LogP contribution in [0.25, 0.3) is 0 Å². The minimum absolute atomic E-state index is 0.104. The third-order valence-electron chi connectivity index (χ3n) is 5.81. The van der Waals surface area contributed by atoms with Gasteiger partial charge in [0.05, 0.1) is 4.90 Å². The van der Waals surface area contributed by atoms with Gasteiger partial charge in [-0.25, -0.2) is 13.4 Å². The van der Waals surface area contributed by atoms with Crippen molar-refractivity contribution in [1.29, 1.82) is 0 Å². The summed E-state index contributed by atoms with van der Waals surface area (Å²) in [5.74, 6) is -0.460. The van der Waals surface area contributed by atoms with Gasteiger partial charge < -0.3 is 9.72 Å². The van der Waals surface area contributed by atoms with Gasteiger partial charge in [0.15, 0.2) is 21.3 Å². The van der Waals surface area contributed by atoms with E-state index >= 15 is 0 Å². The van der Waals surface area contributed by atoms with E-state index in [1.807, 2.05) is 0 Å². The van der Waals surface area contributed by atoms with E-state index in [9.17, 15) is 17.6 Å². The Hall–Kier alpha value is -2.06. The third kappa shape index (κ3) is 4.59. The van der Waals surface area contributed by atoms with Crippen LogP contribution in [0.3, 0.4) is 0 Å². The minimum Gasteiger partial charge on any atom is -0.381 e. The number of ketones is 1. The van der Waals surface area contributed by atoms with Crippen molar-refractivity contribution in [2.75, 3.05) is 19.5 Å². The number of rotatable bonds is 7. The minimum atomic E-state index is -3.30. The Morgan fingerprint density at radius 3 is 2.45 bits per heavy atom. The second-order valence-electron chi connectivity index (χ2n) is 8.11. The van der Waals surface area contributed by atoms with Gasteiger partial charge in [-0.3, -0.25) is 4.79 Å². The van der Waals surface area contributed by atoms with Gasteiger partial charge in [-0.15, -0.1) is 0 Å². The molecule has 29 heavy (non-hydrogen) atoms. The van der Waals surface area contributed by atoms with Crippen molar-refractivity contribution in [3.05, 3.63) is 47.3 Å². The van der Waals surface area contributed by atoms with Crippen molar-refractivity contribution in [3.8, 4) is 0 Å². The molecule has 0 radical (unpaired) electrons. The summed E-state index contributed by atoms with van der Waals surface area (Å²) in [6.07, 6.45) is 5.30. The molecule has 1 atom stereocenters. The van der Waals surface area contributed by atoms with Gasteiger partial charge in [-0.1, -0.05) is 12.1 Å². The van der Waals surface area contributed by atoms with Crippen LogP contribution in [0.4, 0.5) is 4.39 Å². The molecule has 2 aromatic rings. The number of benzene rings is 1. The van der Waals surface area contributed by atoms with Crippen LogP contribution in [0.2, 0.25) is 0 Å². The van der Waals surface area contributed by atoms with Crippen molar-refractivity contribution in [1.82, 2.24) is 9.97 Å². The quantitative estimate of drug-likeness (QED) is 0.693. The number of carbonyl (C=O) groups excluding carboxylic acids is 1. The first kappa shape index (κ1) is 20.2. The van der Waals surface area contributed by atoms with Gasteiger partial charge in [0.25, 0.3) is 0 Å². The molecule has 1 aromatic carbocycles. The lowest BCUT2D eigenvalue weighted by Gasteiger charge is -2.26. The third-order valence-corrected chi connectivity index (χ3v) is 6.94. The SMILES string of the molecule is CS(=O)(=O)c1ccc(C(CC2CCOCC2)c2nc(C(=O)C3CC3)c(F)[nH]2)cc1. The summed E-state index contributed by atoms with van der Waals surface area (Å²) in [6, 6.07) is 6.64. The Morgan fingerprint density at radius 2 is 1.86 bits per heavy atom. The molecule has 8 heteroatoms. The molecule has 0 bridgehead atoms. The number of hydrogen-bond acceptors (Lipinski definition) is 5. The predicted molar refractivity (Wildman–Crippen MR) is 105 cm³/mol. The van der Waals surface area contributed by atoms with Gasteiger partial charge in [-0.05, 0) is 55.7 Å². The average Bonchev–Trinajstić information content (AvgIpc) is 3.48. The number of Topliss-reactive ketones (excluding diaryl/α,β-unsaturated/α-hetero) is 1. The Kier molecular flexibility index (Phi) is 5.57. The molecular formula is C21H25FN2O4S. The van der Waals surface area contributed by atoms with Gasteiger partial charge in [0.1, 0.15) is 5.82 Å². The first-order valence-electron chi connectivity index (χ1n) is 10.0. The number of aromatic amines is 1. The fourth-order valence-electron chi connectivity index (χ4n) is 3.90. The van der Waals surface area contributed by atoms with Crippen LogP contribution in [0.15, 0.2) is 29.2 Å². The van der Waals surface area contributed by atoms with Gasteiger partial charge >= 0.3 is 0 Å². The average molecular weight is 421 g/mol. The summed E-state index contributed by atoms with van der Waals surface area (Å²) in [5, 5.41) is 0. The lowest BCUT2D eigenvalue weighted by molar-refractivity contribution is 0.0625. The van der Waals surface area contributed by atoms with Crippen LogP contribution in [-0.2, 0) is 14.6 Å². The molecule has 4 rings (SSSR count). The molecule has 0 amide bonds. The Labute approximate surface area is 169 Å². The number of nitrogens with zero attached hydrogens (tertiary/aromatic N) is 1. The number of aromatic nitrogens is 2. The second kappa shape index (κ2) is 7.99. The molecule has 1 unspecified atom stereocenters. The molecule has 2 heterocycles. The zero-order valence-electron chi connectivity index (χ0n) is 16.4. The Morgan fingerprint density at radius 1 is 1.21 bits per heavy atom. The summed E-state index contributed by atoms with van der Waals surface area (Å²) in [5.41, 5.74) is 0.746. The standard InChI is InChI=1S/C21H25FN2O4S/c1-29(26,27)16-6-4-14(5-7-16)17(12-13-8-10-28-11-9-13)21-23-18(20(22)24-21)19(25)15-2-3-15/h4-7,13,15,17H,2-3,8-12H2,1H3,(H,23,24). The number of ether oxygens (including phenoxy) is 1. The molecular weight excluding hydrogens is 395 g/mol. The summed E-state index contributed by atoms with van der Waals surface area (Å²) in [6.45, 7) is 1.39. The largest absolute Gasteiger partial charge is 0.381 e. The van der Waals surface area contributed by atoms with Crippen LogP contribution < -0.4 is 0 Å². The monoisotopic (exact) mass is 420 g/mol. The van der Waals surface area contributed by atoms with Crippen molar-refractivity contribution in [2.45, 2.75) is 42.9 Å². The molecule has 1 aromatic heterocycles. The van der Waals surface area contributed by atoms with Crippen LogP contribution >= 0.6 is 0 Å². The number of carbonyl (C=O) groups is 1. The first-order valence-corrected chi connectivity index (χ1v) is 11.9. The van der Waals surface area contributed by atoms with E-state index in [-0.39, 0.29) is 28.2 Å². The first-order chi connectivity index (χ1) is 13.8. The van der Waals surface area contributed by atoms with Gasteiger partial charge in [0, 0.05) is 31.3 Å².